The number of rotatable bonds is 5. The third-order valence-electron chi connectivity index (χ3n) is 3.43. The zero-order valence-electron chi connectivity index (χ0n) is 12.7. The summed E-state index contributed by atoms with van der Waals surface area (Å²) in [4.78, 5) is 25.4. The average molecular weight is 328 g/mol. The summed E-state index contributed by atoms with van der Waals surface area (Å²) in [5.41, 5.74) is 0. The maximum atomic E-state index is 12.2. The van der Waals surface area contributed by atoms with E-state index in [2.05, 4.69) is 20.8 Å². The van der Waals surface area contributed by atoms with Crippen LogP contribution in [0.2, 0.25) is 0 Å². The minimum atomic E-state index is -0.445. The molecule has 1 N–H and O–H groups in total. The lowest BCUT2D eigenvalue weighted by molar-refractivity contribution is -0.126. The fourth-order valence-corrected chi connectivity index (χ4v) is 3.02. The first-order valence-electron chi connectivity index (χ1n) is 7.11. The smallest absolute Gasteiger partial charge is 0.410 e. The van der Waals surface area contributed by atoms with Crippen LogP contribution in [0, 0.1) is 0 Å². The molecule has 1 atom stereocenters. The number of aryl methyl sites for hydroxylation is 1. The van der Waals surface area contributed by atoms with Crippen molar-refractivity contribution in [3.8, 4) is 0 Å². The molecule has 2 amide bonds. The molecule has 1 aliphatic heterocycles. The van der Waals surface area contributed by atoms with Crippen molar-refractivity contribution in [3.05, 3.63) is 0 Å². The molecule has 1 aromatic heterocycles. The Labute approximate surface area is 132 Å². The van der Waals surface area contributed by atoms with E-state index in [1.165, 1.54) is 23.8 Å². The molecule has 22 heavy (non-hydrogen) atoms. The number of nitrogens with zero attached hydrogens (tertiary/aromatic N) is 5. The molecule has 1 fully saturated rings. The van der Waals surface area contributed by atoms with Gasteiger partial charge in [-0.25, -0.2) is 9.48 Å². The van der Waals surface area contributed by atoms with Crippen LogP contribution in [0.1, 0.15) is 19.3 Å². The highest BCUT2D eigenvalue weighted by Crippen LogP contribution is 2.18. The highest BCUT2D eigenvalue weighted by Gasteiger charge is 2.32. The SMILES string of the molecule is COC(=O)N1CCCCC1C(=O)NCCSc1nnnn1C. The molecule has 0 aromatic carbocycles. The number of amides is 2. The maximum Gasteiger partial charge on any atom is 0.410 e. The zero-order valence-corrected chi connectivity index (χ0v) is 13.5. The summed E-state index contributed by atoms with van der Waals surface area (Å²) in [7, 11) is 3.09. The second-order valence-electron chi connectivity index (χ2n) is 4.90. The fourth-order valence-electron chi connectivity index (χ4n) is 2.32. The molecular weight excluding hydrogens is 308 g/mol. The van der Waals surface area contributed by atoms with Crippen LogP contribution in [0.3, 0.4) is 0 Å². The van der Waals surface area contributed by atoms with E-state index in [1.54, 1.807) is 11.7 Å². The molecular formula is C12H20N6O3S. The average Bonchev–Trinajstić information content (AvgIpc) is 2.95. The Bertz CT molecular complexity index is 523. The van der Waals surface area contributed by atoms with Gasteiger partial charge in [-0.1, -0.05) is 11.8 Å². The number of ether oxygens (including phenoxy) is 1. The molecule has 1 aliphatic rings. The lowest BCUT2D eigenvalue weighted by Crippen LogP contribution is -2.52. The van der Waals surface area contributed by atoms with Gasteiger partial charge >= 0.3 is 6.09 Å². The summed E-state index contributed by atoms with van der Waals surface area (Å²) in [6.07, 6.45) is 2.06. The van der Waals surface area contributed by atoms with E-state index in [9.17, 15) is 9.59 Å². The van der Waals surface area contributed by atoms with Gasteiger partial charge in [0.1, 0.15) is 6.04 Å². The monoisotopic (exact) mass is 328 g/mol. The molecule has 0 bridgehead atoms. The largest absolute Gasteiger partial charge is 0.453 e. The molecule has 10 heteroatoms. The van der Waals surface area contributed by atoms with Crippen molar-refractivity contribution in [1.82, 2.24) is 30.4 Å². The van der Waals surface area contributed by atoms with Gasteiger partial charge in [0.15, 0.2) is 0 Å². The van der Waals surface area contributed by atoms with E-state index < -0.39 is 12.1 Å². The van der Waals surface area contributed by atoms with Crippen molar-refractivity contribution in [2.45, 2.75) is 30.5 Å². The third kappa shape index (κ3) is 4.09. The van der Waals surface area contributed by atoms with Crippen molar-refractivity contribution in [1.29, 1.82) is 0 Å². The molecule has 1 aromatic rings. The summed E-state index contributed by atoms with van der Waals surface area (Å²) in [6, 6.07) is -0.442. The van der Waals surface area contributed by atoms with Crippen LogP contribution in [-0.2, 0) is 16.6 Å². The van der Waals surface area contributed by atoms with Crippen LogP contribution in [0.5, 0.6) is 0 Å². The van der Waals surface area contributed by atoms with Crippen LogP contribution >= 0.6 is 11.8 Å². The highest BCUT2D eigenvalue weighted by molar-refractivity contribution is 7.99. The second-order valence-corrected chi connectivity index (χ2v) is 5.96. The molecule has 0 saturated carbocycles. The van der Waals surface area contributed by atoms with Crippen LogP contribution in [0.4, 0.5) is 4.79 Å². The molecule has 0 spiro atoms. The number of thioether (sulfide) groups is 1. The van der Waals surface area contributed by atoms with E-state index in [1.807, 2.05) is 0 Å². The van der Waals surface area contributed by atoms with Crippen LogP contribution < -0.4 is 5.32 Å². The Morgan fingerprint density at radius 1 is 1.45 bits per heavy atom. The number of piperidine rings is 1. The number of carbonyl (C=O) groups is 2. The number of hydrogen-bond acceptors (Lipinski definition) is 7. The molecule has 122 valence electrons. The van der Waals surface area contributed by atoms with Crippen LogP contribution in [-0.4, -0.2) is 69.1 Å². The molecule has 2 rings (SSSR count). The minimum absolute atomic E-state index is 0.137. The summed E-state index contributed by atoms with van der Waals surface area (Å²) < 4.78 is 6.31. The summed E-state index contributed by atoms with van der Waals surface area (Å²) in [5.74, 6) is 0.520. The lowest BCUT2D eigenvalue weighted by Gasteiger charge is -2.33. The van der Waals surface area contributed by atoms with Crippen LogP contribution in [0.25, 0.3) is 0 Å². The van der Waals surface area contributed by atoms with Crippen LogP contribution in [0.15, 0.2) is 5.16 Å². The van der Waals surface area contributed by atoms with Crippen molar-refractivity contribution >= 4 is 23.8 Å². The molecule has 1 unspecified atom stereocenters. The predicted molar refractivity (Wildman–Crippen MR) is 79.3 cm³/mol. The maximum absolute atomic E-state index is 12.2. The topological polar surface area (TPSA) is 102 Å². The van der Waals surface area contributed by atoms with Gasteiger partial charge in [0, 0.05) is 25.9 Å². The molecule has 1 saturated heterocycles. The number of nitrogens with one attached hydrogen (secondary N) is 1. The number of aromatic nitrogens is 4. The van der Waals surface area contributed by atoms with E-state index in [-0.39, 0.29) is 5.91 Å². The van der Waals surface area contributed by atoms with Gasteiger partial charge in [0.05, 0.1) is 7.11 Å². The summed E-state index contributed by atoms with van der Waals surface area (Å²) in [6.45, 7) is 1.05. The zero-order chi connectivity index (χ0) is 15.9. The normalized spacial score (nSPS) is 18.1. The molecule has 2 heterocycles. The summed E-state index contributed by atoms with van der Waals surface area (Å²) in [5, 5.41) is 14.7. The number of hydrogen-bond donors (Lipinski definition) is 1. The standard InChI is InChI=1S/C12H20N6O3S/c1-17-11(14-15-16-17)22-8-6-13-10(19)9-5-3-4-7-18(9)12(20)21-2/h9H,3-8H2,1-2H3,(H,13,19). The van der Waals surface area contributed by atoms with Crippen molar-refractivity contribution < 1.29 is 14.3 Å². The fraction of sp³-hybridized carbons (Fsp3) is 0.750. The van der Waals surface area contributed by atoms with E-state index in [4.69, 9.17) is 4.74 Å². The first-order chi connectivity index (χ1) is 10.6. The van der Waals surface area contributed by atoms with Gasteiger partial charge in [-0.15, -0.1) is 5.10 Å². The Balaban J connectivity index is 1.78. The molecule has 0 radical (unpaired) electrons. The van der Waals surface area contributed by atoms with Gasteiger partial charge in [-0.2, -0.15) is 0 Å². The second kappa shape index (κ2) is 7.97. The predicted octanol–water partition coefficient (Wildman–Crippen LogP) is 0.0393. The Kier molecular flexibility index (Phi) is 5.99. The first-order valence-corrected chi connectivity index (χ1v) is 8.09. The van der Waals surface area contributed by atoms with Gasteiger partial charge in [0.2, 0.25) is 11.1 Å². The van der Waals surface area contributed by atoms with Gasteiger partial charge in [-0.05, 0) is 29.7 Å². The number of carbonyl (C=O) groups excluding carboxylic acids is 2. The quantitative estimate of drug-likeness (QED) is 0.601. The van der Waals surface area contributed by atoms with E-state index >= 15 is 0 Å². The van der Waals surface area contributed by atoms with Gasteiger partial charge in [-0.3, -0.25) is 9.69 Å². The number of methoxy groups -OCH3 is 1. The van der Waals surface area contributed by atoms with E-state index in [0.717, 1.165) is 12.8 Å². The number of likely N-dealkylation sites (tertiary alicyclic amines) is 1. The Morgan fingerprint density at radius 2 is 2.27 bits per heavy atom. The number of tetrazole rings is 1. The van der Waals surface area contributed by atoms with Gasteiger partial charge < -0.3 is 10.1 Å². The minimum Gasteiger partial charge on any atom is -0.453 e. The first kappa shape index (κ1) is 16.5. The van der Waals surface area contributed by atoms with E-state index in [0.29, 0.717) is 30.4 Å². The Hall–Kier alpha value is -1.84. The highest BCUT2D eigenvalue weighted by atomic mass is 32.2. The lowest BCUT2D eigenvalue weighted by atomic mass is 10.0. The molecule has 9 nitrogen and oxygen atoms in total. The third-order valence-corrected chi connectivity index (χ3v) is 4.44. The van der Waals surface area contributed by atoms with Crippen molar-refractivity contribution in [2.24, 2.45) is 7.05 Å². The van der Waals surface area contributed by atoms with Crippen molar-refractivity contribution in [2.75, 3.05) is 26.0 Å². The summed E-state index contributed by atoms with van der Waals surface area (Å²) >= 11 is 1.46. The van der Waals surface area contributed by atoms with Gasteiger partial charge in [0.25, 0.3) is 0 Å². The Morgan fingerprint density at radius 3 is 2.95 bits per heavy atom. The van der Waals surface area contributed by atoms with Crippen molar-refractivity contribution in [3.63, 3.8) is 0 Å². The molecule has 0 aliphatic carbocycles.